The van der Waals surface area contributed by atoms with Crippen LogP contribution in [0.2, 0.25) is 5.82 Å². The third-order valence-corrected chi connectivity index (χ3v) is 2.61. The second-order valence-corrected chi connectivity index (χ2v) is 5.82. The molecule has 0 saturated heterocycles. The maximum Gasteiger partial charge on any atom is 0.306 e. The molecule has 2 radical (unpaired) electrons. The number of hydrogen-bond donors (Lipinski definition) is 0. The summed E-state index contributed by atoms with van der Waals surface area (Å²) in [4.78, 5) is 23.2. The zero-order valence-corrected chi connectivity index (χ0v) is 12.8. The van der Waals surface area contributed by atoms with Gasteiger partial charge in [0, 0.05) is 12.2 Å². The van der Waals surface area contributed by atoms with Crippen LogP contribution < -0.4 is 0 Å². The van der Waals surface area contributed by atoms with E-state index in [0.717, 1.165) is 5.56 Å². The highest BCUT2D eigenvalue weighted by molar-refractivity contribution is 6.22. The molecule has 0 saturated carbocycles. The first-order valence-electron chi connectivity index (χ1n) is 6.96. The quantitative estimate of drug-likeness (QED) is 0.596. The van der Waals surface area contributed by atoms with Crippen molar-refractivity contribution in [3.8, 4) is 0 Å². The number of carbonyl (C=O) groups is 2. The molecule has 5 heteroatoms. The molecular weight excluding hydrogens is 267 g/mol. The van der Waals surface area contributed by atoms with Crippen LogP contribution >= 0.6 is 0 Å². The fourth-order valence-electron chi connectivity index (χ4n) is 1.58. The van der Waals surface area contributed by atoms with Gasteiger partial charge in [0.25, 0.3) is 0 Å². The van der Waals surface area contributed by atoms with E-state index in [9.17, 15) is 9.59 Å². The van der Waals surface area contributed by atoms with Crippen LogP contribution in [0.3, 0.4) is 0 Å². The Morgan fingerprint density at radius 3 is 2.38 bits per heavy atom. The molecule has 0 bridgehead atoms. The van der Waals surface area contributed by atoms with Crippen LogP contribution in [-0.2, 0) is 25.7 Å². The molecule has 0 unspecified atom stereocenters. The lowest BCUT2D eigenvalue weighted by atomic mass is 9.83. The summed E-state index contributed by atoms with van der Waals surface area (Å²) in [5.41, 5.74) is 0.338. The minimum Gasteiger partial charge on any atom is -0.461 e. The predicted octanol–water partition coefficient (Wildman–Crippen LogP) is 2.81. The Balaban J connectivity index is 2.28. The number of rotatable bonds is 6. The Hall–Kier alpha value is -1.78. The molecule has 4 nitrogen and oxygen atoms in total. The molecule has 1 aromatic rings. The third kappa shape index (κ3) is 7.54. The summed E-state index contributed by atoms with van der Waals surface area (Å²) in [6.07, 6.45) is 0.301. The smallest absolute Gasteiger partial charge is 0.306 e. The first kappa shape index (κ1) is 17.3. The fourth-order valence-corrected chi connectivity index (χ4v) is 1.58. The Morgan fingerprint density at radius 2 is 1.81 bits per heavy atom. The largest absolute Gasteiger partial charge is 0.461 e. The normalized spacial score (nSPS) is 12.5. The van der Waals surface area contributed by atoms with Crippen molar-refractivity contribution in [2.45, 2.75) is 51.6 Å². The van der Waals surface area contributed by atoms with E-state index in [1.807, 2.05) is 30.3 Å². The first-order valence-corrected chi connectivity index (χ1v) is 6.96. The summed E-state index contributed by atoms with van der Waals surface area (Å²) < 4.78 is 10.3. The molecule has 1 atom stereocenters. The summed E-state index contributed by atoms with van der Waals surface area (Å²) >= 11 is 0. The predicted molar refractivity (Wildman–Crippen MR) is 80.8 cm³/mol. The van der Waals surface area contributed by atoms with Gasteiger partial charge in [0.05, 0.1) is 7.85 Å². The molecule has 112 valence electrons. The van der Waals surface area contributed by atoms with Gasteiger partial charge in [-0.05, 0) is 32.8 Å². The Morgan fingerprint density at radius 1 is 1.19 bits per heavy atom. The number of ether oxygens (including phenoxy) is 2. The van der Waals surface area contributed by atoms with Gasteiger partial charge in [-0.15, -0.1) is 0 Å². The highest BCUT2D eigenvalue weighted by Gasteiger charge is 2.22. The van der Waals surface area contributed by atoms with Crippen LogP contribution in [0.1, 0.15) is 39.2 Å². The van der Waals surface area contributed by atoms with E-state index in [1.165, 1.54) is 0 Å². The van der Waals surface area contributed by atoms with Crippen molar-refractivity contribution in [2.75, 3.05) is 0 Å². The van der Waals surface area contributed by atoms with Gasteiger partial charge in [-0.1, -0.05) is 30.3 Å². The summed E-state index contributed by atoms with van der Waals surface area (Å²) in [5.74, 6) is -1.69. The average molecular weight is 288 g/mol. The summed E-state index contributed by atoms with van der Waals surface area (Å²) in [6, 6.07) is 9.40. The van der Waals surface area contributed by atoms with Crippen LogP contribution in [0.4, 0.5) is 0 Å². The highest BCUT2D eigenvalue weighted by atomic mass is 16.6. The maximum atomic E-state index is 11.7. The van der Waals surface area contributed by atoms with Gasteiger partial charge in [0.1, 0.15) is 12.2 Å². The van der Waals surface area contributed by atoms with E-state index in [0.29, 0.717) is 0 Å². The summed E-state index contributed by atoms with van der Waals surface area (Å²) in [7, 11) is 5.70. The third-order valence-electron chi connectivity index (χ3n) is 2.61. The first-order chi connectivity index (χ1) is 9.78. The van der Waals surface area contributed by atoms with Gasteiger partial charge in [-0.3, -0.25) is 9.59 Å². The fraction of sp³-hybridized carbons (Fsp3) is 0.500. The Kier molecular flexibility index (Phi) is 6.47. The Labute approximate surface area is 127 Å². The zero-order chi connectivity index (χ0) is 15.9. The molecule has 0 spiro atoms. The van der Waals surface area contributed by atoms with E-state index < -0.39 is 17.4 Å². The molecule has 0 aromatic heterocycles. The van der Waals surface area contributed by atoms with Crippen molar-refractivity contribution in [2.24, 2.45) is 0 Å². The second-order valence-electron chi connectivity index (χ2n) is 5.82. The van der Waals surface area contributed by atoms with Gasteiger partial charge in [-0.2, -0.15) is 0 Å². The molecule has 0 amide bonds. The van der Waals surface area contributed by atoms with Crippen molar-refractivity contribution in [3.05, 3.63) is 35.9 Å². The van der Waals surface area contributed by atoms with Crippen LogP contribution in [-0.4, -0.2) is 25.4 Å². The van der Waals surface area contributed by atoms with E-state index in [1.54, 1.807) is 20.8 Å². The molecular formula is C16H21BO4. The van der Waals surface area contributed by atoms with Crippen LogP contribution in [0, 0.1) is 0 Å². The number of carbonyl (C=O) groups excluding carboxylic acids is 2. The second kappa shape index (κ2) is 7.86. The Bertz CT molecular complexity index is 465. The molecule has 0 aliphatic heterocycles. The van der Waals surface area contributed by atoms with E-state index in [-0.39, 0.29) is 25.4 Å². The summed E-state index contributed by atoms with van der Waals surface area (Å²) in [5, 5.41) is 0. The SMILES string of the molecule is [B][C@@H](CCC(=O)OCc1ccccc1)C(=O)OC(C)(C)C. The molecule has 0 heterocycles. The molecule has 1 rings (SSSR count). The minimum absolute atomic E-state index is 0.0905. The van der Waals surface area contributed by atoms with Crippen molar-refractivity contribution in [1.29, 1.82) is 0 Å². The topological polar surface area (TPSA) is 52.6 Å². The van der Waals surface area contributed by atoms with Crippen molar-refractivity contribution in [1.82, 2.24) is 0 Å². The lowest BCUT2D eigenvalue weighted by Gasteiger charge is -2.22. The molecule has 0 aliphatic rings. The molecule has 1 aromatic carbocycles. The number of benzene rings is 1. The van der Waals surface area contributed by atoms with Gasteiger partial charge < -0.3 is 9.47 Å². The maximum absolute atomic E-state index is 11.7. The van der Waals surface area contributed by atoms with Gasteiger partial charge in [0.15, 0.2) is 0 Å². The zero-order valence-electron chi connectivity index (χ0n) is 12.8. The van der Waals surface area contributed by atoms with Crippen molar-refractivity contribution in [3.63, 3.8) is 0 Å². The van der Waals surface area contributed by atoms with Gasteiger partial charge in [-0.25, -0.2) is 0 Å². The van der Waals surface area contributed by atoms with Gasteiger partial charge in [0.2, 0.25) is 0 Å². The van der Waals surface area contributed by atoms with E-state index in [2.05, 4.69) is 0 Å². The molecule has 0 fully saturated rings. The van der Waals surface area contributed by atoms with Crippen LogP contribution in [0.5, 0.6) is 0 Å². The number of hydrogen-bond acceptors (Lipinski definition) is 4. The van der Waals surface area contributed by atoms with Crippen molar-refractivity contribution >= 4 is 19.8 Å². The van der Waals surface area contributed by atoms with Crippen LogP contribution in [0.25, 0.3) is 0 Å². The van der Waals surface area contributed by atoms with E-state index >= 15 is 0 Å². The molecule has 0 N–H and O–H groups in total. The molecule has 21 heavy (non-hydrogen) atoms. The lowest BCUT2D eigenvalue weighted by molar-refractivity contribution is -0.155. The van der Waals surface area contributed by atoms with Crippen molar-refractivity contribution < 1.29 is 19.1 Å². The monoisotopic (exact) mass is 288 g/mol. The standard InChI is InChI=1S/C16H21BO4/c1-16(2,3)21-15(19)13(17)9-10-14(18)20-11-12-7-5-4-6-8-12/h4-8,13H,9-11H2,1-3H3/t13-/m0/s1. The number of esters is 2. The lowest BCUT2D eigenvalue weighted by Crippen LogP contribution is -2.27. The van der Waals surface area contributed by atoms with E-state index in [4.69, 9.17) is 17.3 Å². The average Bonchev–Trinajstić information content (AvgIpc) is 2.41. The highest BCUT2D eigenvalue weighted by Crippen LogP contribution is 2.17. The minimum atomic E-state index is -0.812. The van der Waals surface area contributed by atoms with Crippen LogP contribution in [0.15, 0.2) is 30.3 Å². The van der Waals surface area contributed by atoms with Gasteiger partial charge >= 0.3 is 11.9 Å². The summed E-state index contributed by atoms with van der Waals surface area (Å²) in [6.45, 7) is 5.53. The molecule has 0 aliphatic carbocycles.